The number of amides is 1. The van der Waals surface area contributed by atoms with Crippen molar-refractivity contribution in [3.05, 3.63) is 0 Å². The highest BCUT2D eigenvalue weighted by Crippen LogP contribution is 2.16. The molecule has 0 aromatic carbocycles. The molecule has 1 N–H and O–H groups in total. The van der Waals surface area contributed by atoms with Gasteiger partial charge in [0.05, 0.1) is 24.9 Å². The molecule has 0 aliphatic carbocycles. The number of carbonyl (C=O) groups is 1. The Kier molecular flexibility index (Phi) is 4.11. The maximum absolute atomic E-state index is 11.6. The summed E-state index contributed by atoms with van der Waals surface area (Å²) in [4.78, 5) is 13.5. The highest BCUT2D eigenvalue weighted by molar-refractivity contribution is 5.80. The van der Waals surface area contributed by atoms with Gasteiger partial charge in [0.2, 0.25) is 5.91 Å². The van der Waals surface area contributed by atoms with E-state index in [1.165, 1.54) is 0 Å². The molecule has 1 rings (SSSR count). The van der Waals surface area contributed by atoms with Crippen molar-refractivity contribution in [3.8, 4) is 0 Å². The van der Waals surface area contributed by atoms with Crippen molar-refractivity contribution in [3.63, 3.8) is 0 Å². The lowest BCUT2D eigenvalue weighted by atomic mass is 10.1. The van der Waals surface area contributed by atoms with E-state index in [1.807, 2.05) is 25.7 Å². The summed E-state index contributed by atoms with van der Waals surface area (Å²) >= 11 is 0. The third-order valence-electron chi connectivity index (χ3n) is 2.66. The quantitative estimate of drug-likeness (QED) is 0.741. The molecule has 0 bridgehead atoms. The summed E-state index contributed by atoms with van der Waals surface area (Å²) < 4.78 is 5.61. The number of nitrogens with zero attached hydrogens (tertiary/aromatic N) is 1. The van der Waals surface area contributed by atoms with Crippen LogP contribution in [0, 0.1) is 0 Å². The molecule has 15 heavy (non-hydrogen) atoms. The van der Waals surface area contributed by atoms with Crippen LogP contribution in [-0.2, 0) is 9.53 Å². The second kappa shape index (κ2) is 4.94. The summed E-state index contributed by atoms with van der Waals surface area (Å²) in [6, 6.07) is 0. The first-order chi connectivity index (χ1) is 7.00. The molecule has 1 aliphatic rings. The van der Waals surface area contributed by atoms with Gasteiger partial charge in [0, 0.05) is 6.61 Å². The van der Waals surface area contributed by atoms with E-state index in [0.29, 0.717) is 19.7 Å². The Morgan fingerprint density at radius 3 is 2.73 bits per heavy atom. The standard InChI is InChI=1S/C11H22N2O2/c1-5-9-12-7-10(14)13(9)8-11(3,4)15-6-2/h9,12H,5-8H2,1-4H3. The van der Waals surface area contributed by atoms with E-state index >= 15 is 0 Å². The molecular weight excluding hydrogens is 192 g/mol. The van der Waals surface area contributed by atoms with Crippen LogP contribution < -0.4 is 5.32 Å². The molecule has 4 heteroatoms. The Morgan fingerprint density at radius 1 is 1.53 bits per heavy atom. The first-order valence-electron chi connectivity index (χ1n) is 5.67. The van der Waals surface area contributed by atoms with Crippen LogP contribution in [0.4, 0.5) is 0 Å². The fraction of sp³-hybridized carbons (Fsp3) is 0.909. The number of carbonyl (C=O) groups excluding carboxylic acids is 1. The Balaban J connectivity index is 2.58. The van der Waals surface area contributed by atoms with E-state index in [0.717, 1.165) is 6.42 Å². The van der Waals surface area contributed by atoms with Crippen molar-refractivity contribution in [1.29, 1.82) is 0 Å². The second-order valence-electron chi connectivity index (χ2n) is 4.52. The minimum Gasteiger partial charge on any atom is -0.374 e. The molecule has 0 aromatic heterocycles. The molecule has 1 saturated heterocycles. The van der Waals surface area contributed by atoms with Crippen LogP contribution in [0.1, 0.15) is 34.1 Å². The highest BCUT2D eigenvalue weighted by Gasteiger charge is 2.33. The van der Waals surface area contributed by atoms with Gasteiger partial charge in [-0.2, -0.15) is 0 Å². The second-order valence-corrected chi connectivity index (χ2v) is 4.52. The van der Waals surface area contributed by atoms with Gasteiger partial charge in [0.15, 0.2) is 0 Å². The lowest BCUT2D eigenvalue weighted by Crippen LogP contribution is -2.46. The molecule has 0 spiro atoms. The number of hydrogen-bond donors (Lipinski definition) is 1. The number of nitrogens with one attached hydrogen (secondary N) is 1. The zero-order valence-corrected chi connectivity index (χ0v) is 10.2. The molecule has 0 saturated carbocycles. The maximum atomic E-state index is 11.6. The Bertz CT molecular complexity index is 229. The van der Waals surface area contributed by atoms with Crippen LogP contribution in [0.5, 0.6) is 0 Å². The molecule has 1 fully saturated rings. The number of hydrogen-bond acceptors (Lipinski definition) is 3. The summed E-state index contributed by atoms with van der Waals surface area (Å²) in [7, 11) is 0. The smallest absolute Gasteiger partial charge is 0.237 e. The summed E-state index contributed by atoms with van der Waals surface area (Å²) in [6.07, 6.45) is 1.12. The van der Waals surface area contributed by atoms with Crippen LogP contribution in [0.2, 0.25) is 0 Å². The van der Waals surface area contributed by atoms with E-state index < -0.39 is 0 Å². The zero-order chi connectivity index (χ0) is 11.5. The average molecular weight is 214 g/mol. The van der Waals surface area contributed by atoms with Crippen molar-refractivity contribution >= 4 is 5.91 Å². The van der Waals surface area contributed by atoms with Gasteiger partial charge in [-0.3, -0.25) is 10.1 Å². The molecule has 1 amide bonds. The van der Waals surface area contributed by atoms with E-state index in [9.17, 15) is 4.79 Å². The van der Waals surface area contributed by atoms with Gasteiger partial charge >= 0.3 is 0 Å². The van der Waals surface area contributed by atoms with Crippen molar-refractivity contribution < 1.29 is 9.53 Å². The largest absolute Gasteiger partial charge is 0.374 e. The maximum Gasteiger partial charge on any atom is 0.237 e. The molecule has 1 atom stereocenters. The number of rotatable bonds is 5. The highest BCUT2D eigenvalue weighted by atomic mass is 16.5. The Hall–Kier alpha value is -0.610. The fourth-order valence-electron chi connectivity index (χ4n) is 2.00. The van der Waals surface area contributed by atoms with E-state index in [2.05, 4.69) is 12.2 Å². The van der Waals surface area contributed by atoms with Crippen molar-refractivity contribution in [1.82, 2.24) is 10.2 Å². The van der Waals surface area contributed by atoms with Crippen molar-refractivity contribution in [2.75, 3.05) is 19.7 Å². The lowest BCUT2D eigenvalue weighted by Gasteiger charge is -2.33. The molecule has 1 unspecified atom stereocenters. The third kappa shape index (κ3) is 3.18. The molecule has 4 nitrogen and oxygen atoms in total. The third-order valence-corrected chi connectivity index (χ3v) is 2.66. The summed E-state index contributed by atoms with van der Waals surface area (Å²) in [5, 5.41) is 3.19. The van der Waals surface area contributed by atoms with Crippen LogP contribution in [-0.4, -0.2) is 42.3 Å². The van der Waals surface area contributed by atoms with Gasteiger partial charge in [0.25, 0.3) is 0 Å². The minimum atomic E-state index is -0.260. The van der Waals surface area contributed by atoms with E-state index in [-0.39, 0.29) is 17.7 Å². The van der Waals surface area contributed by atoms with Gasteiger partial charge in [0.1, 0.15) is 0 Å². The van der Waals surface area contributed by atoms with Crippen LogP contribution in [0.25, 0.3) is 0 Å². The van der Waals surface area contributed by atoms with Crippen molar-refractivity contribution in [2.45, 2.75) is 45.9 Å². The van der Waals surface area contributed by atoms with Gasteiger partial charge in [-0.15, -0.1) is 0 Å². The molecule has 88 valence electrons. The van der Waals surface area contributed by atoms with Gasteiger partial charge < -0.3 is 9.64 Å². The first kappa shape index (κ1) is 12.5. The SMILES string of the molecule is CCOC(C)(C)CN1C(=O)CNC1CC. The van der Waals surface area contributed by atoms with Crippen LogP contribution >= 0.6 is 0 Å². The molecule has 1 heterocycles. The molecular formula is C11H22N2O2. The van der Waals surface area contributed by atoms with E-state index in [4.69, 9.17) is 4.74 Å². The molecule has 1 aliphatic heterocycles. The molecule has 0 aromatic rings. The van der Waals surface area contributed by atoms with Gasteiger partial charge in [-0.1, -0.05) is 6.92 Å². The first-order valence-corrected chi connectivity index (χ1v) is 5.67. The van der Waals surface area contributed by atoms with Gasteiger partial charge in [-0.05, 0) is 27.2 Å². The van der Waals surface area contributed by atoms with Crippen LogP contribution in [0.15, 0.2) is 0 Å². The lowest BCUT2D eigenvalue weighted by molar-refractivity contribution is -0.132. The van der Waals surface area contributed by atoms with Gasteiger partial charge in [-0.25, -0.2) is 0 Å². The Morgan fingerprint density at radius 2 is 2.20 bits per heavy atom. The summed E-state index contributed by atoms with van der Waals surface area (Å²) in [5.41, 5.74) is -0.260. The minimum absolute atomic E-state index is 0.176. The Labute approximate surface area is 92.0 Å². The van der Waals surface area contributed by atoms with Crippen LogP contribution in [0.3, 0.4) is 0 Å². The normalized spacial score (nSPS) is 22.5. The zero-order valence-electron chi connectivity index (χ0n) is 10.2. The summed E-state index contributed by atoms with van der Waals surface area (Å²) in [5.74, 6) is 0.176. The predicted molar refractivity (Wildman–Crippen MR) is 59.5 cm³/mol. The van der Waals surface area contributed by atoms with E-state index in [1.54, 1.807) is 0 Å². The molecule has 0 radical (unpaired) electrons. The predicted octanol–water partition coefficient (Wildman–Crippen LogP) is 0.969. The fourth-order valence-corrected chi connectivity index (χ4v) is 2.00. The monoisotopic (exact) mass is 214 g/mol. The number of ether oxygens (including phenoxy) is 1. The average Bonchev–Trinajstić information content (AvgIpc) is 2.47. The van der Waals surface area contributed by atoms with Crippen molar-refractivity contribution in [2.24, 2.45) is 0 Å². The topological polar surface area (TPSA) is 41.6 Å². The summed E-state index contributed by atoms with van der Waals surface area (Å²) in [6.45, 7) is 9.90.